The summed E-state index contributed by atoms with van der Waals surface area (Å²) in [5.74, 6) is -5.34. The van der Waals surface area contributed by atoms with Crippen molar-refractivity contribution in [3.63, 3.8) is 0 Å². The van der Waals surface area contributed by atoms with Crippen LogP contribution in [0.4, 0.5) is 45.2 Å². The molecular formula is C30H21F9N2O3S. The van der Waals surface area contributed by atoms with Gasteiger partial charge in [-0.3, -0.25) is 9.36 Å². The molecule has 0 saturated heterocycles. The zero-order valence-corrected chi connectivity index (χ0v) is 23.8. The number of alkyl halides is 6. The number of nitrogens with two attached hydrogens (primary N) is 1. The number of rotatable bonds is 6. The molecule has 2 unspecified atom stereocenters. The average Bonchev–Trinajstić information content (AvgIpc) is 3.26. The molecule has 0 saturated carbocycles. The maximum Gasteiger partial charge on any atom is 0.573 e. The number of pyridine rings is 1. The maximum absolute atomic E-state index is 15.6. The molecule has 2 N–H and O–H groups in total. The van der Waals surface area contributed by atoms with Gasteiger partial charge in [0.2, 0.25) is 5.03 Å². The fourth-order valence-electron chi connectivity index (χ4n) is 5.51. The molecule has 0 bridgehead atoms. The Morgan fingerprint density at radius 3 is 2.29 bits per heavy atom. The lowest BCUT2D eigenvalue weighted by atomic mass is 9.92. The second-order valence-corrected chi connectivity index (χ2v) is 11.7. The molecule has 1 aliphatic heterocycles. The Morgan fingerprint density at radius 2 is 1.62 bits per heavy atom. The molecule has 5 rings (SSSR count). The summed E-state index contributed by atoms with van der Waals surface area (Å²) in [7, 11) is 0. The maximum atomic E-state index is 15.6. The number of fused-ring (bicyclic) bond motifs is 1. The minimum absolute atomic E-state index is 0.000594. The number of anilines is 1. The number of hydrogen-bond acceptors (Lipinski definition) is 4. The van der Waals surface area contributed by atoms with Gasteiger partial charge in [0.25, 0.3) is 5.56 Å². The fourth-order valence-corrected chi connectivity index (χ4v) is 7.24. The molecule has 0 radical (unpaired) electrons. The van der Waals surface area contributed by atoms with E-state index < -0.39 is 87.2 Å². The topological polar surface area (TPSA) is 80.3 Å². The number of ether oxygens (including phenoxy) is 1. The van der Waals surface area contributed by atoms with E-state index in [4.69, 9.17) is 5.73 Å². The van der Waals surface area contributed by atoms with Gasteiger partial charge in [0.1, 0.15) is 17.4 Å². The van der Waals surface area contributed by atoms with Gasteiger partial charge < -0.3 is 15.0 Å². The second kappa shape index (κ2) is 11.7. The number of aromatic nitrogens is 1. The Balaban J connectivity index is 1.80. The van der Waals surface area contributed by atoms with Crippen LogP contribution in [0.3, 0.4) is 0 Å². The molecule has 2 atom stereocenters. The molecule has 1 aliphatic rings. The first kappa shape index (κ1) is 32.3. The van der Waals surface area contributed by atoms with E-state index in [-0.39, 0.29) is 39.6 Å². The Morgan fingerprint density at radius 1 is 0.956 bits per heavy atom. The van der Waals surface area contributed by atoms with Crippen molar-refractivity contribution in [1.82, 2.24) is 4.57 Å². The van der Waals surface area contributed by atoms with Crippen LogP contribution in [0.5, 0.6) is 5.75 Å². The van der Waals surface area contributed by atoms with Gasteiger partial charge in [-0.25, -0.2) is 13.2 Å². The van der Waals surface area contributed by atoms with E-state index in [2.05, 4.69) is 4.74 Å². The van der Waals surface area contributed by atoms with Crippen LogP contribution in [0.25, 0.3) is 11.1 Å². The summed E-state index contributed by atoms with van der Waals surface area (Å²) in [6.07, 6.45) is -11.5. The van der Waals surface area contributed by atoms with Gasteiger partial charge in [-0.15, -0.1) is 13.2 Å². The highest BCUT2D eigenvalue weighted by atomic mass is 32.2. The summed E-state index contributed by atoms with van der Waals surface area (Å²) >= 11 is -2.10. The fraction of sp³-hybridized carbons (Fsp3) is 0.233. The molecule has 2 heterocycles. The lowest BCUT2D eigenvalue weighted by molar-refractivity contribution is -0.275. The van der Waals surface area contributed by atoms with Crippen molar-refractivity contribution in [3.8, 4) is 16.9 Å². The zero-order chi connectivity index (χ0) is 33.0. The van der Waals surface area contributed by atoms with E-state index in [1.165, 1.54) is 25.1 Å². The Kier molecular flexibility index (Phi) is 8.38. The van der Waals surface area contributed by atoms with Crippen molar-refractivity contribution in [1.29, 1.82) is 0 Å². The predicted molar refractivity (Wildman–Crippen MR) is 147 cm³/mol. The first-order valence-electron chi connectivity index (χ1n) is 13.1. The molecule has 0 fully saturated rings. The summed E-state index contributed by atoms with van der Waals surface area (Å²) in [5.41, 5.74) is 0.377. The first-order chi connectivity index (χ1) is 21.0. The lowest BCUT2D eigenvalue weighted by Crippen LogP contribution is -2.29. The van der Waals surface area contributed by atoms with Crippen LogP contribution in [-0.2, 0) is 30.2 Å². The van der Waals surface area contributed by atoms with Crippen LogP contribution in [0, 0.1) is 24.4 Å². The molecule has 0 aliphatic carbocycles. The Hall–Kier alpha value is -4.11. The number of benzene rings is 3. The van der Waals surface area contributed by atoms with Gasteiger partial charge in [-0.1, -0.05) is 30.3 Å². The van der Waals surface area contributed by atoms with Crippen molar-refractivity contribution < 1.29 is 48.8 Å². The summed E-state index contributed by atoms with van der Waals surface area (Å²) in [5, 5.41) is -0.296. The molecule has 4 aromatic rings. The van der Waals surface area contributed by atoms with Crippen LogP contribution < -0.4 is 16.0 Å². The molecule has 1 aromatic heterocycles. The number of hydrogen-bond donors (Lipinski definition) is 1. The third-order valence-corrected chi connectivity index (χ3v) is 9.02. The van der Waals surface area contributed by atoms with Crippen LogP contribution in [0.1, 0.15) is 33.9 Å². The van der Waals surface area contributed by atoms with E-state index in [9.17, 15) is 44.5 Å². The summed E-state index contributed by atoms with van der Waals surface area (Å²) in [4.78, 5) is 14.1. The third kappa shape index (κ3) is 6.10. The van der Waals surface area contributed by atoms with Gasteiger partial charge in [0.05, 0.1) is 22.9 Å². The van der Waals surface area contributed by atoms with Crippen LogP contribution in [-0.4, -0.2) is 21.2 Å². The van der Waals surface area contributed by atoms with Crippen LogP contribution >= 0.6 is 0 Å². The number of nitrogens with zero attached hydrogens (tertiary/aromatic N) is 1. The second-order valence-electron chi connectivity index (χ2n) is 10.3. The van der Waals surface area contributed by atoms with E-state index >= 15 is 4.39 Å². The van der Waals surface area contributed by atoms with E-state index in [1.54, 1.807) is 0 Å². The van der Waals surface area contributed by atoms with Crippen LogP contribution in [0.2, 0.25) is 0 Å². The lowest BCUT2D eigenvalue weighted by Gasteiger charge is -2.21. The van der Waals surface area contributed by atoms with Crippen molar-refractivity contribution >= 4 is 16.9 Å². The third-order valence-electron chi connectivity index (χ3n) is 7.46. The quantitative estimate of drug-likeness (QED) is 0.134. The van der Waals surface area contributed by atoms with Gasteiger partial charge in [-0.2, -0.15) is 13.2 Å². The Bertz CT molecular complexity index is 1850. The highest BCUT2D eigenvalue weighted by Gasteiger charge is 2.42. The van der Waals surface area contributed by atoms with Crippen LogP contribution in [0.15, 0.2) is 64.4 Å². The largest absolute Gasteiger partial charge is 0.610 e. The van der Waals surface area contributed by atoms with E-state index in [0.717, 1.165) is 28.8 Å². The molecule has 0 amide bonds. The van der Waals surface area contributed by atoms with Crippen molar-refractivity contribution in [2.45, 2.75) is 43.4 Å². The van der Waals surface area contributed by atoms with E-state index in [0.29, 0.717) is 12.1 Å². The first-order valence-corrected chi connectivity index (χ1v) is 14.4. The van der Waals surface area contributed by atoms with Crippen molar-refractivity contribution in [2.24, 2.45) is 0 Å². The summed E-state index contributed by atoms with van der Waals surface area (Å²) < 4.78 is 144. The highest BCUT2D eigenvalue weighted by molar-refractivity contribution is 7.91. The molecule has 15 heteroatoms. The standard InChI is InChI=1S/C30H21F9N2O3S/c1-14-18(12-19-20(29(34,35)36)7-4-8-21(19)31)28-41(16(13-45(28)43)11-15-5-2-9-22(40)25(15)32)27(42)24(14)17-6-3-10-23(26(17)33)44-30(37,38)39/h2-10,16H,11-13,40H2,1H3. The molecule has 45 heavy (non-hydrogen) atoms. The van der Waals surface area contributed by atoms with Gasteiger partial charge in [0, 0.05) is 40.7 Å². The molecule has 238 valence electrons. The molecule has 3 aromatic carbocycles. The highest BCUT2D eigenvalue weighted by Crippen LogP contribution is 2.41. The van der Waals surface area contributed by atoms with Gasteiger partial charge >= 0.3 is 12.5 Å². The van der Waals surface area contributed by atoms with Crippen molar-refractivity contribution in [3.05, 3.63) is 110 Å². The van der Waals surface area contributed by atoms with Gasteiger partial charge in [0.15, 0.2) is 11.6 Å². The average molecular weight is 661 g/mol. The Labute approximate surface area is 252 Å². The minimum atomic E-state index is -5.31. The number of nitrogen functional groups attached to an aromatic ring is 1. The SMILES string of the molecule is Cc1c(Cc2c(F)cccc2C(F)(F)F)c2n(c(=O)c1-c1cccc(OC(F)(F)F)c1F)C(Cc1cccc(N)c1F)C[S+]2[O-]. The van der Waals surface area contributed by atoms with Crippen molar-refractivity contribution in [2.75, 3.05) is 11.5 Å². The smallest absolute Gasteiger partial charge is 0.573 e. The normalized spacial score (nSPS) is 16.6. The zero-order valence-electron chi connectivity index (χ0n) is 23.0. The predicted octanol–water partition coefficient (Wildman–Crippen LogP) is 7.24. The minimum Gasteiger partial charge on any atom is -0.610 e. The summed E-state index contributed by atoms with van der Waals surface area (Å²) in [6, 6.07) is 7.76. The van der Waals surface area contributed by atoms with Gasteiger partial charge in [-0.05, 0) is 42.3 Å². The molecular weight excluding hydrogens is 639 g/mol. The monoisotopic (exact) mass is 660 g/mol. The molecule has 0 spiro atoms. The summed E-state index contributed by atoms with van der Waals surface area (Å²) in [6.45, 7) is 1.18. The van der Waals surface area contributed by atoms with E-state index in [1.807, 2.05) is 0 Å². The molecule has 5 nitrogen and oxygen atoms in total. The number of halogens is 9.